The van der Waals surface area contributed by atoms with E-state index in [0.29, 0.717) is 0 Å². The van der Waals surface area contributed by atoms with E-state index in [9.17, 15) is 4.79 Å². The number of carbonyl (C=O) groups is 1. The molecule has 0 bridgehead atoms. The quantitative estimate of drug-likeness (QED) is 0.567. The molecule has 0 N–H and O–H groups in total. The van der Waals surface area contributed by atoms with Crippen molar-refractivity contribution in [2.45, 2.75) is 39.3 Å². The Kier molecular flexibility index (Phi) is 5.69. The normalized spacial score (nSPS) is 13.1. The first-order valence-electron chi connectivity index (χ1n) is 7.39. The zero-order chi connectivity index (χ0) is 16.5. The molecule has 0 aliphatic carbocycles. The molecule has 0 aromatic heterocycles. The summed E-state index contributed by atoms with van der Waals surface area (Å²) in [5, 5.41) is 0. The molecule has 0 saturated carbocycles. The molecule has 21 heavy (non-hydrogen) atoms. The van der Waals surface area contributed by atoms with Crippen LogP contribution in [0.4, 0.5) is 0 Å². The minimum Gasteiger partial charge on any atom is -0.344 e. The number of hydrogen-bond acceptors (Lipinski definition) is 1. The second-order valence-electron chi connectivity index (χ2n) is 7.83. The second-order valence-corrected chi connectivity index (χ2v) is 38.2. The number of halogens is 1. The van der Waals surface area contributed by atoms with Crippen LogP contribution in [-0.4, -0.2) is 45.6 Å². The van der Waals surface area contributed by atoms with Gasteiger partial charge < -0.3 is 4.90 Å². The van der Waals surface area contributed by atoms with Gasteiger partial charge in [-0.05, 0) is 12.1 Å². The molecule has 0 spiro atoms. The monoisotopic (exact) mass is 357 g/mol. The topological polar surface area (TPSA) is 20.3 Å². The Balaban J connectivity index is 3.03. The van der Waals surface area contributed by atoms with Gasteiger partial charge in [0.05, 0.1) is 15.2 Å². The van der Waals surface area contributed by atoms with Crippen LogP contribution in [0.25, 0.3) is 0 Å². The van der Waals surface area contributed by atoms with Gasteiger partial charge in [0.15, 0.2) is 6.42 Å². The molecule has 0 unspecified atom stereocenters. The summed E-state index contributed by atoms with van der Waals surface area (Å²) in [4.78, 5) is 14.5. The van der Waals surface area contributed by atoms with Crippen LogP contribution in [-0.2, 0) is 0 Å². The summed E-state index contributed by atoms with van der Waals surface area (Å²) in [5.41, 5.74) is 0.749. The van der Waals surface area contributed by atoms with Gasteiger partial charge in [0.1, 0.15) is 0 Å². The lowest BCUT2D eigenvalue weighted by Gasteiger charge is -2.46. The van der Waals surface area contributed by atoms with E-state index in [1.54, 1.807) is 0 Å². The smallest absolute Gasteiger partial charge is 0.253 e. The third-order valence-electron chi connectivity index (χ3n) is 4.20. The Hall–Kier alpha value is -0.369. The zero-order valence-electron chi connectivity index (χ0n) is 14.3. The third kappa shape index (κ3) is 4.09. The number of amides is 1. The van der Waals surface area contributed by atoms with Crippen LogP contribution < -0.4 is 0 Å². The molecule has 2 nitrogen and oxygen atoms in total. The molecule has 0 atom stereocenters. The maximum Gasteiger partial charge on any atom is 0.253 e. The van der Waals surface area contributed by atoms with Gasteiger partial charge in [-0.2, -0.15) is 11.1 Å². The van der Waals surface area contributed by atoms with Crippen molar-refractivity contribution in [1.82, 2.24) is 4.90 Å². The van der Waals surface area contributed by atoms with Gasteiger partial charge in [-0.1, -0.05) is 57.5 Å². The van der Waals surface area contributed by atoms with Gasteiger partial charge in [0.25, 0.3) is 5.91 Å². The summed E-state index contributed by atoms with van der Waals surface area (Å²) >= 11 is 7.29. The number of benzene rings is 1. The first kappa shape index (κ1) is 18.7. The van der Waals surface area contributed by atoms with Crippen molar-refractivity contribution in [3.05, 3.63) is 35.9 Å². The first-order valence-corrected chi connectivity index (χ1v) is 19.6. The van der Waals surface area contributed by atoms with Crippen LogP contribution in [0.3, 0.4) is 0 Å². The molecule has 0 aliphatic heterocycles. The van der Waals surface area contributed by atoms with Gasteiger partial charge in [-0.25, -0.2) is 0 Å². The van der Waals surface area contributed by atoms with Crippen LogP contribution in [0.1, 0.15) is 10.4 Å². The summed E-state index contributed by atoms with van der Waals surface area (Å²) in [6, 6.07) is 9.49. The predicted octanol–water partition coefficient (Wildman–Crippen LogP) is 4.32. The average Bonchev–Trinajstić information content (AvgIpc) is 2.36. The lowest BCUT2D eigenvalue weighted by molar-refractivity contribution is 0.0817. The van der Waals surface area contributed by atoms with Crippen molar-refractivity contribution in [3.63, 3.8) is 0 Å². The van der Waals surface area contributed by atoms with Gasteiger partial charge in [0, 0.05) is 18.8 Å². The van der Waals surface area contributed by atoms with E-state index in [1.165, 1.54) is 0 Å². The molecule has 1 aromatic rings. The number of rotatable bonds is 5. The molecule has 0 fully saturated rings. The Morgan fingerprint density at radius 2 is 1.43 bits per heavy atom. The van der Waals surface area contributed by atoms with Crippen LogP contribution in [0.2, 0.25) is 39.3 Å². The third-order valence-corrected chi connectivity index (χ3v) is 49.1. The first-order chi connectivity index (χ1) is 9.40. The highest BCUT2D eigenvalue weighted by Crippen LogP contribution is 2.33. The van der Waals surface area contributed by atoms with Crippen LogP contribution >= 0.6 is 11.1 Å². The maximum absolute atomic E-state index is 12.6. The lowest BCUT2D eigenvalue weighted by Crippen LogP contribution is -2.72. The molecule has 0 radical (unpaired) electrons. The zero-order valence-corrected chi connectivity index (χ0v) is 18.1. The van der Waals surface area contributed by atoms with E-state index < -0.39 is 21.6 Å². The molecular formula is C15H28ClNOSi3. The number of nitrogens with zero attached hydrogens (tertiary/aromatic N) is 1. The molecular weight excluding hydrogens is 330 g/mol. The lowest BCUT2D eigenvalue weighted by atomic mass is 10.2. The van der Waals surface area contributed by atoms with Crippen molar-refractivity contribution < 1.29 is 4.79 Å². The van der Waals surface area contributed by atoms with Crippen molar-refractivity contribution in [2.24, 2.45) is 0 Å². The van der Waals surface area contributed by atoms with E-state index in [0.717, 1.165) is 11.7 Å². The minimum absolute atomic E-state index is 0.0876. The van der Waals surface area contributed by atoms with Crippen molar-refractivity contribution in [3.8, 4) is 0 Å². The molecule has 0 heterocycles. The van der Waals surface area contributed by atoms with Gasteiger partial charge >= 0.3 is 0 Å². The fraction of sp³-hybridized carbons (Fsp3) is 0.533. The molecule has 1 amide bonds. The predicted molar refractivity (Wildman–Crippen MR) is 102 cm³/mol. The van der Waals surface area contributed by atoms with Crippen molar-refractivity contribution >= 4 is 38.6 Å². The highest BCUT2D eigenvalue weighted by Gasteiger charge is 2.54. The number of carbonyl (C=O) groups excluding carboxylic acids is 1. The molecule has 1 rings (SSSR count). The van der Waals surface area contributed by atoms with Crippen LogP contribution in [0.15, 0.2) is 30.3 Å². The second kappa shape index (κ2) is 6.40. The molecule has 1 aromatic carbocycles. The van der Waals surface area contributed by atoms with Crippen molar-refractivity contribution in [1.29, 1.82) is 0 Å². The summed E-state index contributed by atoms with van der Waals surface area (Å²) in [7, 11) is -1.06. The highest BCUT2D eigenvalue weighted by atomic mass is 35.6. The fourth-order valence-corrected chi connectivity index (χ4v) is 38.6. The maximum atomic E-state index is 12.6. The van der Waals surface area contributed by atoms with E-state index in [-0.39, 0.29) is 5.91 Å². The van der Waals surface area contributed by atoms with E-state index in [4.69, 9.17) is 11.1 Å². The Bertz CT molecular complexity index is 480. The average molecular weight is 358 g/mol. The largest absolute Gasteiger partial charge is 0.344 e. The molecule has 118 valence electrons. The fourth-order valence-electron chi connectivity index (χ4n) is 2.80. The molecule has 0 aliphatic rings. The van der Waals surface area contributed by atoms with Gasteiger partial charge in [-0.15, -0.1) is 0 Å². The summed E-state index contributed by atoms with van der Waals surface area (Å²) < 4.78 is 0. The minimum atomic E-state index is -1.96. The van der Waals surface area contributed by atoms with Gasteiger partial charge in [-0.3, -0.25) is 4.79 Å². The number of hydrogen-bond donors (Lipinski definition) is 0. The van der Waals surface area contributed by atoms with E-state index in [1.807, 2.05) is 42.3 Å². The Labute approximate surface area is 136 Å². The SMILES string of the molecule is CN(C[Si](Cl)([Si](C)(C)C)[Si](C)(C)C)C(=O)c1ccccc1. The summed E-state index contributed by atoms with van der Waals surface area (Å²) in [6.07, 6.45) is -1.18. The highest BCUT2D eigenvalue weighted by molar-refractivity contribution is 7.82. The van der Waals surface area contributed by atoms with Crippen LogP contribution in [0.5, 0.6) is 0 Å². The molecule has 0 saturated heterocycles. The van der Waals surface area contributed by atoms with Crippen molar-refractivity contribution in [2.75, 3.05) is 13.2 Å². The summed E-state index contributed by atoms with van der Waals surface area (Å²) in [6.45, 7) is 14.2. The standard InChI is InChI=1S/C15H28ClNOSi3/c1-17(15(18)14-11-9-8-10-12-14)13-21(16,19(2,3)4)20(5,6)7/h8-12H,13H2,1-7H3. The van der Waals surface area contributed by atoms with E-state index in [2.05, 4.69) is 39.3 Å². The summed E-state index contributed by atoms with van der Waals surface area (Å²) in [5.74, 6) is 0.0876. The molecule has 6 heteroatoms. The van der Waals surface area contributed by atoms with Gasteiger partial charge in [0.2, 0.25) is 0 Å². The Morgan fingerprint density at radius 1 is 1.00 bits per heavy atom. The Morgan fingerprint density at radius 3 is 1.81 bits per heavy atom. The van der Waals surface area contributed by atoms with E-state index >= 15 is 0 Å². The van der Waals surface area contributed by atoms with Crippen LogP contribution in [0, 0.1) is 0 Å².